The number of benzene rings is 1. The molecule has 0 saturated carbocycles. The third-order valence-electron chi connectivity index (χ3n) is 5.97. The molecule has 4 unspecified atom stereocenters. The van der Waals surface area contributed by atoms with Crippen LogP contribution in [0.4, 0.5) is 9.59 Å². The van der Waals surface area contributed by atoms with E-state index in [2.05, 4.69) is 6.58 Å². The Kier molecular flexibility index (Phi) is 7.39. The number of hydrogen-bond acceptors (Lipinski definition) is 5. The summed E-state index contributed by atoms with van der Waals surface area (Å²) in [7, 11) is 0. The molecule has 8 nitrogen and oxygen atoms in total. The van der Waals surface area contributed by atoms with Crippen LogP contribution in [0.3, 0.4) is 0 Å². The first-order valence-electron chi connectivity index (χ1n) is 11.4. The van der Waals surface area contributed by atoms with Gasteiger partial charge >= 0.3 is 12.2 Å². The number of amides is 2. The molecular formula is C25H36N2O6. The predicted molar refractivity (Wildman–Crippen MR) is 124 cm³/mol. The summed E-state index contributed by atoms with van der Waals surface area (Å²) in [5, 5.41) is 10.1. The number of rotatable bonds is 6. The first-order valence-corrected chi connectivity index (χ1v) is 11.4. The monoisotopic (exact) mass is 460 g/mol. The van der Waals surface area contributed by atoms with Crippen molar-refractivity contribution in [3.05, 3.63) is 48.6 Å². The molecule has 4 atom stereocenters. The van der Waals surface area contributed by atoms with E-state index in [1.807, 2.05) is 51.1 Å². The highest BCUT2D eigenvalue weighted by molar-refractivity contribution is 5.70. The van der Waals surface area contributed by atoms with Crippen LogP contribution in [-0.4, -0.2) is 75.9 Å². The van der Waals surface area contributed by atoms with E-state index >= 15 is 0 Å². The van der Waals surface area contributed by atoms with Gasteiger partial charge in [-0.2, -0.15) is 0 Å². The molecule has 8 heteroatoms. The number of likely N-dealkylation sites (tertiary alicyclic amines) is 1. The van der Waals surface area contributed by atoms with Gasteiger partial charge in [0.1, 0.15) is 17.4 Å². The minimum atomic E-state index is -1.05. The van der Waals surface area contributed by atoms with E-state index in [1.165, 1.54) is 4.90 Å². The molecule has 0 radical (unpaired) electrons. The molecule has 2 aliphatic heterocycles. The van der Waals surface area contributed by atoms with Crippen LogP contribution in [0.1, 0.15) is 46.6 Å². The van der Waals surface area contributed by atoms with Crippen LogP contribution in [0.15, 0.2) is 43.0 Å². The molecule has 2 fully saturated rings. The molecule has 2 aliphatic rings. The molecule has 0 bridgehead atoms. The number of hydrogen-bond donors (Lipinski definition) is 1. The van der Waals surface area contributed by atoms with Gasteiger partial charge in [0, 0.05) is 0 Å². The normalized spacial score (nSPS) is 26.9. The molecular weight excluding hydrogens is 424 g/mol. The standard InChI is InChI=1S/C25H36N2O6/c1-7-13-31-18-15-19(26(16-18)23(30)33-24(2,3)4)21-20(14-17-11-9-8-10-12-17)27(22(28)29)25(5,6)32-21/h7-12,18-21H,1,13-16H2,2-6H3,(H,28,29). The van der Waals surface area contributed by atoms with Gasteiger partial charge < -0.3 is 19.3 Å². The van der Waals surface area contributed by atoms with Crippen molar-refractivity contribution in [2.75, 3.05) is 13.2 Å². The fourth-order valence-electron chi connectivity index (χ4n) is 4.78. The molecule has 2 saturated heterocycles. The maximum atomic E-state index is 13.1. The zero-order valence-corrected chi connectivity index (χ0v) is 20.2. The molecule has 1 N–H and O–H groups in total. The van der Waals surface area contributed by atoms with Gasteiger partial charge in [0.15, 0.2) is 0 Å². The van der Waals surface area contributed by atoms with Crippen LogP contribution in [0, 0.1) is 0 Å². The molecule has 0 spiro atoms. The Labute approximate surface area is 196 Å². The number of carboxylic acid groups (broad SMARTS) is 1. The average molecular weight is 461 g/mol. The Morgan fingerprint density at radius 3 is 2.52 bits per heavy atom. The molecule has 1 aromatic rings. The third-order valence-corrected chi connectivity index (χ3v) is 5.97. The van der Waals surface area contributed by atoms with Crippen LogP contribution in [0.2, 0.25) is 0 Å². The van der Waals surface area contributed by atoms with E-state index in [-0.39, 0.29) is 6.10 Å². The Balaban J connectivity index is 1.95. The first-order chi connectivity index (χ1) is 15.4. The first kappa shape index (κ1) is 25.1. The van der Waals surface area contributed by atoms with Crippen LogP contribution < -0.4 is 0 Å². The molecule has 0 aromatic heterocycles. The molecule has 2 heterocycles. The molecule has 1 aromatic carbocycles. The number of carbonyl (C=O) groups excluding carboxylic acids is 1. The van der Waals surface area contributed by atoms with E-state index in [4.69, 9.17) is 14.2 Å². The van der Waals surface area contributed by atoms with Crippen LogP contribution in [-0.2, 0) is 20.6 Å². The maximum absolute atomic E-state index is 13.1. The van der Waals surface area contributed by atoms with Gasteiger partial charge in [-0.25, -0.2) is 9.59 Å². The van der Waals surface area contributed by atoms with Crippen molar-refractivity contribution < 1.29 is 28.9 Å². The quantitative estimate of drug-likeness (QED) is 0.637. The minimum absolute atomic E-state index is 0.219. The minimum Gasteiger partial charge on any atom is -0.465 e. The van der Waals surface area contributed by atoms with Crippen LogP contribution in [0.25, 0.3) is 0 Å². The zero-order chi connectivity index (χ0) is 24.4. The number of carbonyl (C=O) groups is 2. The van der Waals surface area contributed by atoms with Crippen molar-refractivity contribution in [3.63, 3.8) is 0 Å². The zero-order valence-electron chi connectivity index (χ0n) is 20.2. The van der Waals surface area contributed by atoms with Crippen LogP contribution >= 0.6 is 0 Å². The molecule has 3 rings (SSSR count). The second-order valence-corrected chi connectivity index (χ2v) is 10.1. The predicted octanol–water partition coefficient (Wildman–Crippen LogP) is 4.29. The lowest BCUT2D eigenvalue weighted by Crippen LogP contribution is -2.52. The van der Waals surface area contributed by atoms with Crippen molar-refractivity contribution in [2.45, 2.75) is 83.1 Å². The Morgan fingerprint density at radius 1 is 1.27 bits per heavy atom. The summed E-state index contributed by atoms with van der Waals surface area (Å²) >= 11 is 0. The highest BCUT2D eigenvalue weighted by Crippen LogP contribution is 2.40. The fourth-order valence-corrected chi connectivity index (χ4v) is 4.78. The second kappa shape index (κ2) is 9.73. The summed E-state index contributed by atoms with van der Waals surface area (Å²) in [5.74, 6) is 0. The topological polar surface area (TPSA) is 88.5 Å². The van der Waals surface area contributed by atoms with E-state index in [1.54, 1.807) is 24.8 Å². The SMILES string of the molecule is C=CCOC1CC(C2OC(C)(C)N(C(=O)O)C2Cc2ccccc2)N(C(=O)OC(C)(C)C)C1. The summed E-state index contributed by atoms with van der Waals surface area (Å²) < 4.78 is 17.9. The third kappa shape index (κ3) is 5.86. The lowest BCUT2D eigenvalue weighted by atomic mass is 9.94. The highest BCUT2D eigenvalue weighted by Gasteiger charge is 2.56. The van der Waals surface area contributed by atoms with E-state index in [0.717, 1.165) is 5.56 Å². The van der Waals surface area contributed by atoms with E-state index in [0.29, 0.717) is 26.0 Å². The van der Waals surface area contributed by atoms with E-state index < -0.39 is 41.7 Å². The average Bonchev–Trinajstić information content (AvgIpc) is 3.24. The Bertz CT molecular complexity index is 850. The van der Waals surface area contributed by atoms with Crippen molar-refractivity contribution in [3.8, 4) is 0 Å². The Hall–Kier alpha value is -2.58. The second-order valence-electron chi connectivity index (χ2n) is 10.1. The van der Waals surface area contributed by atoms with Crippen LogP contribution in [0.5, 0.6) is 0 Å². The fraction of sp³-hybridized carbons (Fsp3) is 0.600. The summed E-state index contributed by atoms with van der Waals surface area (Å²) in [6.07, 6.45) is 0.398. The molecule has 0 aliphatic carbocycles. The van der Waals surface area contributed by atoms with Gasteiger partial charge in [-0.05, 0) is 53.0 Å². The largest absolute Gasteiger partial charge is 0.465 e. The van der Waals surface area contributed by atoms with Crippen molar-refractivity contribution in [1.29, 1.82) is 0 Å². The van der Waals surface area contributed by atoms with Crippen molar-refractivity contribution in [2.24, 2.45) is 0 Å². The lowest BCUT2D eigenvalue weighted by Gasteiger charge is -2.33. The maximum Gasteiger partial charge on any atom is 0.410 e. The van der Waals surface area contributed by atoms with Crippen molar-refractivity contribution in [1.82, 2.24) is 9.80 Å². The van der Waals surface area contributed by atoms with Gasteiger partial charge in [-0.1, -0.05) is 36.4 Å². The summed E-state index contributed by atoms with van der Waals surface area (Å²) in [5.41, 5.74) is -0.703. The molecule has 2 amide bonds. The summed E-state index contributed by atoms with van der Waals surface area (Å²) in [6, 6.07) is 8.85. The lowest BCUT2D eigenvalue weighted by molar-refractivity contribution is -0.0840. The Morgan fingerprint density at radius 2 is 1.94 bits per heavy atom. The number of nitrogens with zero attached hydrogens (tertiary/aromatic N) is 2. The summed E-state index contributed by atoms with van der Waals surface area (Å²) in [4.78, 5) is 28.4. The summed E-state index contributed by atoms with van der Waals surface area (Å²) in [6.45, 7) is 13.4. The molecule has 182 valence electrons. The van der Waals surface area contributed by atoms with Gasteiger partial charge in [0.2, 0.25) is 0 Å². The molecule has 33 heavy (non-hydrogen) atoms. The van der Waals surface area contributed by atoms with Gasteiger partial charge in [-0.3, -0.25) is 9.80 Å². The van der Waals surface area contributed by atoms with Gasteiger partial charge in [0.05, 0.1) is 31.3 Å². The van der Waals surface area contributed by atoms with Crippen molar-refractivity contribution >= 4 is 12.2 Å². The van der Waals surface area contributed by atoms with Gasteiger partial charge in [0.25, 0.3) is 0 Å². The van der Waals surface area contributed by atoms with E-state index in [9.17, 15) is 14.7 Å². The number of ether oxygens (including phenoxy) is 3. The van der Waals surface area contributed by atoms with Gasteiger partial charge in [-0.15, -0.1) is 6.58 Å². The smallest absolute Gasteiger partial charge is 0.410 e. The highest BCUT2D eigenvalue weighted by atomic mass is 16.6.